The second-order valence-electron chi connectivity index (χ2n) is 4.52. The molecule has 4 heteroatoms. The van der Waals surface area contributed by atoms with Crippen LogP contribution in [0.3, 0.4) is 0 Å². The molecule has 0 aliphatic heterocycles. The van der Waals surface area contributed by atoms with E-state index in [4.69, 9.17) is 5.73 Å². The van der Waals surface area contributed by atoms with E-state index in [0.717, 1.165) is 34.5 Å². The van der Waals surface area contributed by atoms with E-state index in [-0.39, 0.29) is 0 Å². The number of benzene rings is 1. The summed E-state index contributed by atoms with van der Waals surface area (Å²) in [5, 5.41) is 0. The molecular formula is C15H14BrN3. The van der Waals surface area contributed by atoms with Gasteiger partial charge in [0.05, 0.1) is 5.52 Å². The molecule has 0 amide bonds. The summed E-state index contributed by atoms with van der Waals surface area (Å²) >= 11 is 3.49. The number of hydrogen-bond donors (Lipinski definition) is 1. The van der Waals surface area contributed by atoms with Gasteiger partial charge in [0.1, 0.15) is 10.4 Å². The van der Waals surface area contributed by atoms with Gasteiger partial charge in [-0.25, -0.2) is 4.98 Å². The molecule has 0 atom stereocenters. The van der Waals surface area contributed by atoms with Crippen molar-refractivity contribution in [1.29, 1.82) is 0 Å². The van der Waals surface area contributed by atoms with Crippen molar-refractivity contribution in [3.8, 4) is 0 Å². The van der Waals surface area contributed by atoms with Crippen molar-refractivity contribution in [2.75, 3.05) is 5.73 Å². The number of aryl methyl sites for hydroxylation is 2. The summed E-state index contributed by atoms with van der Waals surface area (Å²) in [5.74, 6) is 1.05. The highest BCUT2D eigenvalue weighted by atomic mass is 79.9. The SMILES string of the molecule is Nc1ccn2c(CCc3ccccc3)nc(Br)c2c1. The molecule has 0 saturated heterocycles. The Labute approximate surface area is 120 Å². The van der Waals surface area contributed by atoms with Gasteiger partial charge in [-0.05, 0) is 40.0 Å². The molecule has 3 rings (SSSR count). The Balaban J connectivity index is 1.89. The van der Waals surface area contributed by atoms with E-state index in [1.807, 2.05) is 24.4 Å². The minimum absolute atomic E-state index is 0.753. The van der Waals surface area contributed by atoms with Crippen LogP contribution in [0.2, 0.25) is 0 Å². The van der Waals surface area contributed by atoms with E-state index in [1.165, 1.54) is 5.56 Å². The molecule has 0 spiro atoms. The second-order valence-corrected chi connectivity index (χ2v) is 5.27. The number of nitrogens with zero attached hydrogens (tertiary/aromatic N) is 2. The highest BCUT2D eigenvalue weighted by Gasteiger charge is 2.09. The van der Waals surface area contributed by atoms with Gasteiger partial charge in [-0.15, -0.1) is 0 Å². The number of rotatable bonds is 3. The van der Waals surface area contributed by atoms with Gasteiger partial charge in [0.2, 0.25) is 0 Å². The van der Waals surface area contributed by atoms with E-state index in [1.54, 1.807) is 0 Å². The molecule has 0 aliphatic rings. The fourth-order valence-electron chi connectivity index (χ4n) is 2.20. The number of imidazole rings is 1. The van der Waals surface area contributed by atoms with Crippen LogP contribution < -0.4 is 5.73 Å². The van der Waals surface area contributed by atoms with E-state index < -0.39 is 0 Å². The summed E-state index contributed by atoms with van der Waals surface area (Å²) in [6.45, 7) is 0. The number of anilines is 1. The van der Waals surface area contributed by atoms with Gasteiger partial charge in [-0.3, -0.25) is 0 Å². The maximum Gasteiger partial charge on any atom is 0.132 e. The smallest absolute Gasteiger partial charge is 0.132 e. The molecular weight excluding hydrogens is 302 g/mol. The summed E-state index contributed by atoms with van der Waals surface area (Å²) in [7, 11) is 0. The van der Waals surface area contributed by atoms with Crippen molar-refractivity contribution >= 4 is 27.1 Å². The fraction of sp³-hybridized carbons (Fsp3) is 0.133. The number of hydrogen-bond acceptors (Lipinski definition) is 2. The van der Waals surface area contributed by atoms with Gasteiger partial charge in [-0.2, -0.15) is 0 Å². The first-order chi connectivity index (χ1) is 9.24. The quantitative estimate of drug-likeness (QED) is 0.804. The van der Waals surface area contributed by atoms with Crippen LogP contribution in [0.25, 0.3) is 5.52 Å². The molecule has 0 saturated carbocycles. The van der Waals surface area contributed by atoms with E-state index >= 15 is 0 Å². The fourth-order valence-corrected chi connectivity index (χ4v) is 2.71. The van der Waals surface area contributed by atoms with Crippen LogP contribution in [0.1, 0.15) is 11.4 Å². The summed E-state index contributed by atoms with van der Waals surface area (Å²) in [6, 6.07) is 14.3. The Bertz CT molecular complexity index is 704. The maximum absolute atomic E-state index is 5.81. The average Bonchev–Trinajstić information content (AvgIpc) is 2.74. The number of nitrogens with two attached hydrogens (primary N) is 1. The lowest BCUT2D eigenvalue weighted by Gasteiger charge is -2.02. The summed E-state index contributed by atoms with van der Waals surface area (Å²) < 4.78 is 2.94. The first-order valence-electron chi connectivity index (χ1n) is 6.20. The number of pyridine rings is 1. The molecule has 3 aromatic rings. The molecule has 3 nitrogen and oxygen atoms in total. The Morgan fingerprint density at radius 3 is 2.68 bits per heavy atom. The first kappa shape index (κ1) is 12.2. The molecule has 1 aromatic carbocycles. The van der Waals surface area contributed by atoms with Gasteiger partial charge < -0.3 is 10.1 Å². The van der Waals surface area contributed by atoms with Crippen molar-refractivity contribution in [3.05, 3.63) is 64.7 Å². The van der Waals surface area contributed by atoms with Crippen molar-refractivity contribution in [3.63, 3.8) is 0 Å². The third kappa shape index (κ3) is 2.49. The van der Waals surface area contributed by atoms with Crippen molar-refractivity contribution in [1.82, 2.24) is 9.38 Å². The molecule has 0 radical (unpaired) electrons. The average molecular weight is 316 g/mol. The zero-order valence-corrected chi connectivity index (χ0v) is 12.0. The zero-order valence-electron chi connectivity index (χ0n) is 10.4. The van der Waals surface area contributed by atoms with Crippen LogP contribution in [-0.4, -0.2) is 9.38 Å². The minimum Gasteiger partial charge on any atom is -0.399 e. The van der Waals surface area contributed by atoms with Gasteiger partial charge >= 0.3 is 0 Å². The third-order valence-corrected chi connectivity index (χ3v) is 3.76. The topological polar surface area (TPSA) is 43.3 Å². The van der Waals surface area contributed by atoms with Gasteiger partial charge in [-0.1, -0.05) is 30.3 Å². The van der Waals surface area contributed by atoms with E-state index in [2.05, 4.69) is 49.6 Å². The van der Waals surface area contributed by atoms with Crippen molar-refractivity contribution in [2.45, 2.75) is 12.8 Å². The zero-order chi connectivity index (χ0) is 13.2. The maximum atomic E-state index is 5.81. The normalized spacial score (nSPS) is 11.0. The largest absolute Gasteiger partial charge is 0.399 e. The molecule has 0 aliphatic carbocycles. The molecule has 2 N–H and O–H groups in total. The number of aromatic nitrogens is 2. The van der Waals surface area contributed by atoms with Crippen LogP contribution in [0.5, 0.6) is 0 Å². The monoisotopic (exact) mass is 315 g/mol. The van der Waals surface area contributed by atoms with E-state index in [0.29, 0.717) is 0 Å². The number of fused-ring (bicyclic) bond motifs is 1. The van der Waals surface area contributed by atoms with Crippen LogP contribution in [-0.2, 0) is 12.8 Å². The standard InChI is InChI=1S/C15H14BrN3/c16-15-13-10-12(17)8-9-19(13)14(18-15)7-6-11-4-2-1-3-5-11/h1-5,8-10H,6-7,17H2. The van der Waals surface area contributed by atoms with Gasteiger partial charge in [0, 0.05) is 18.3 Å². The summed E-state index contributed by atoms with van der Waals surface area (Å²) in [4.78, 5) is 4.57. The second kappa shape index (κ2) is 5.05. The Morgan fingerprint density at radius 2 is 1.89 bits per heavy atom. The highest BCUT2D eigenvalue weighted by Crippen LogP contribution is 2.21. The van der Waals surface area contributed by atoms with Crippen LogP contribution in [0.15, 0.2) is 53.3 Å². The third-order valence-electron chi connectivity index (χ3n) is 3.18. The van der Waals surface area contributed by atoms with Crippen LogP contribution in [0, 0.1) is 0 Å². The molecule has 0 fully saturated rings. The molecule has 19 heavy (non-hydrogen) atoms. The highest BCUT2D eigenvalue weighted by molar-refractivity contribution is 9.10. The first-order valence-corrected chi connectivity index (χ1v) is 6.99. The molecule has 96 valence electrons. The van der Waals surface area contributed by atoms with Crippen LogP contribution >= 0.6 is 15.9 Å². The lowest BCUT2D eigenvalue weighted by Crippen LogP contribution is -1.98. The van der Waals surface area contributed by atoms with Crippen LogP contribution in [0.4, 0.5) is 5.69 Å². The Hall–Kier alpha value is -1.81. The minimum atomic E-state index is 0.753. The molecule has 2 heterocycles. The number of halogens is 1. The molecule has 2 aromatic heterocycles. The predicted molar refractivity (Wildman–Crippen MR) is 81.2 cm³/mol. The van der Waals surface area contributed by atoms with Crippen molar-refractivity contribution in [2.24, 2.45) is 0 Å². The van der Waals surface area contributed by atoms with Gasteiger partial charge in [0.15, 0.2) is 0 Å². The predicted octanol–water partition coefficient (Wildman–Crippen LogP) is 3.46. The molecule has 0 unspecified atom stereocenters. The van der Waals surface area contributed by atoms with Crippen molar-refractivity contribution < 1.29 is 0 Å². The van der Waals surface area contributed by atoms with E-state index in [9.17, 15) is 0 Å². The Morgan fingerprint density at radius 1 is 1.11 bits per heavy atom. The summed E-state index contributed by atoms with van der Waals surface area (Å²) in [6.07, 6.45) is 3.86. The van der Waals surface area contributed by atoms with Gasteiger partial charge in [0.25, 0.3) is 0 Å². The Kier molecular flexibility index (Phi) is 3.25. The lowest BCUT2D eigenvalue weighted by atomic mass is 10.1. The molecule has 0 bridgehead atoms. The summed E-state index contributed by atoms with van der Waals surface area (Å²) in [5.41, 5.74) is 8.90. The number of nitrogen functional groups attached to an aromatic ring is 1. The lowest BCUT2D eigenvalue weighted by molar-refractivity contribution is 0.852.